The quantitative estimate of drug-likeness (QED) is 0.0583. The van der Waals surface area contributed by atoms with E-state index >= 15 is 0 Å². The molecule has 0 radical (unpaired) electrons. The van der Waals surface area contributed by atoms with Crippen molar-refractivity contribution in [3.63, 3.8) is 0 Å². The van der Waals surface area contributed by atoms with Crippen LogP contribution >= 0.6 is 80.7 Å². The average molecular weight is 663 g/mol. The zero-order valence-corrected chi connectivity index (χ0v) is 24.5. The molecule has 0 bridgehead atoms. The largest absolute Gasteiger partial charge is 0.382 e. The van der Waals surface area contributed by atoms with Crippen molar-refractivity contribution >= 4 is 91.8 Å². The van der Waals surface area contributed by atoms with Crippen LogP contribution in [-0.2, 0) is 0 Å². The van der Waals surface area contributed by atoms with Gasteiger partial charge in [0.25, 0.3) is 5.24 Å². The van der Waals surface area contributed by atoms with Gasteiger partial charge in [-0.2, -0.15) is 10.2 Å². The summed E-state index contributed by atoms with van der Waals surface area (Å²) in [5, 5.41) is 16.0. The summed E-state index contributed by atoms with van der Waals surface area (Å²) in [6.07, 6.45) is 0. The van der Waals surface area contributed by atoms with E-state index in [1.54, 1.807) is 35.7 Å². The lowest BCUT2D eigenvalue weighted by Crippen LogP contribution is -2.14. The highest BCUT2D eigenvalue weighted by Crippen LogP contribution is 2.31. The third-order valence-corrected chi connectivity index (χ3v) is 7.99. The number of nitrogens with zero attached hydrogens (tertiary/aromatic N) is 3. The summed E-state index contributed by atoms with van der Waals surface area (Å²) in [4.78, 5) is 16.2. The maximum atomic E-state index is 10.4. The van der Waals surface area contributed by atoms with E-state index in [4.69, 9.17) is 69.6 Å². The Morgan fingerprint density at radius 3 is 1.87 bits per heavy atom. The molecule has 0 fully saturated rings. The fourth-order valence-corrected chi connectivity index (χ4v) is 5.27. The molecule has 3 heterocycles. The average Bonchev–Trinajstić information content (AvgIpc) is 3.66. The molecule has 204 valence electrons. The van der Waals surface area contributed by atoms with Crippen LogP contribution in [0.5, 0.6) is 0 Å². The van der Waals surface area contributed by atoms with Gasteiger partial charge in [-0.15, -0.1) is 22.7 Å². The minimum absolute atomic E-state index is 0. The van der Waals surface area contributed by atoms with Crippen LogP contribution in [0.1, 0.15) is 22.7 Å². The van der Waals surface area contributed by atoms with E-state index in [0.717, 1.165) is 16.0 Å². The molecule has 5 aromatic rings. The van der Waals surface area contributed by atoms with Gasteiger partial charge in [0.1, 0.15) is 10.7 Å². The number of aromatic amines is 1. The molecule has 3 aromatic heterocycles. The van der Waals surface area contributed by atoms with Crippen LogP contribution in [0, 0.1) is 0 Å². The molecule has 2 aromatic carbocycles. The molecule has 0 atom stereocenters. The van der Waals surface area contributed by atoms with Crippen molar-refractivity contribution in [1.29, 1.82) is 0 Å². The topological polar surface area (TPSA) is 123 Å². The van der Waals surface area contributed by atoms with E-state index in [1.165, 1.54) is 22.7 Å². The van der Waals surface area contributed by atoms with E-state index in [2.05, 4.69) is 20.3 Å². The zero-order valence-electron chi connectivity index (χ0n) is 19.0. The summed E-state index contributed by atoms with van der Waals surface area (Å²) >= 11 is 31.0. The van der Waals surface area contributed by atoms with Crippen molar-refractivity contribution in [3.8, 4) is 22.1 Å². The van der Waals surface area contributed by atoms with Crippen molar-refractivity contribution in [1.82, 2.24) is 15.2 Å². The van der Waals surface area contributed by atoms with Crippen LogP contribution in [0.4, 0.5) is 0 Å². The summed E-state index contributed by atoms with van der Waals surface area (Å²) < 4.78 is 0. The van der Waals surface area contributed by atoms with Gasteiger partial charge in [0.2, 0.25) is 0 Å². The SMILES string of the molecule is C.Clc1ccc(-c2n[nH]c(-c3sccc3Cl)n2)cc1.NN=C(N)c1ccc(Cl)cc1.O=C(Cl)c1sccc1Cl. The second-order valence-electron chi connectivity index (χ2n) is 7.00. The maximum Gasteiger partial charge on any atom is 0.263 e. The molecule has 0 saturated carbocycles. The van der Waals surface area contributed by atoms with E-state index in [1.807, 2.05) is 35.7 Å². The molecule has 5 N–H and O–H groups in total. The molecule has 7 nitrogen and oxygen atoms in total. The maximum absolute atomic E-state index is 10.4. The molecule has 0 aliphatic heterocycles. The lowest BCUT2D eigenvalue weighted by molar-refractivity contribution is 0.108. The second-order valence-corrected chi connectivity index (χ2v) is 10.9. The standard InChI is InChI=1S/C12H7Cl2N3S.C7H8ClN3.C5H2Cl2OS.CH4/c13-8-3-1-7(2-4-8)11-15-12(17-16-11)10-9(14)5-6-18-10;8-6-3-1-5(2-4-6)7(9)11-10;6-3-1-2-9-4(3)5(7)8;/h1-6H,(H,15,16,17);1-4H,10H2,(H2,9,11);1-2H;1H4. The number of carbonyl (C=O) groups excluding carboxylic acids is 1. The normalized spacial score (nSPS) is 10.4. The van der Waals surface area contributed by atoms with Gasteiger partial charge >= 0.3 is 0 Å². The van der Waals surface area contributed by atoms with Gasteiger partial charge in [-0.25, -0.2) is 4.98 Å². The third-order valence-electron chi connectivity index (χ3n) is 4.49. The van der Waals surface area contributed by atoms with Crippen LogP contribution in [0.3, 0.4) is 0 Å². The highest BCUT2D eigenvalue weighted by atomic mass is 35.5. The van der Waals surface area contributed by atoms with Crippen LogP contribution in [-0.4, -0.2) is 26.3 Å². The van der Waals surface area contributed by atoms with Crippen molar-refractivity contribution in [2.45, 2.75) is 7.43 Å². The minimum Gasteiger partial charge on any atom is -0.382 e. The molecule has 14 heteroatoms. The highest BCUT2D eigenvalue weighted by Gasteiger charge is 2.11. The fourth-order valence-electron chi connectivity index (χ4n) is 2.68. The molecule has 0 aliphatic carbocycles. The van der Waals surface area contributed by atoms with E-state index in [-0.39, 0.29) is 7.43 Å². The lowest BCUT2D eigenvalue weighted by atomic mass is 10.2. The summed E-state index contributed by atoms with van der Waals surface area (Å²) in [6, 6.07) is 17.8. The number of hydrogen-bond donors (Lipinski definition) is 3. The van der Waals surface area contributed by atoms with Crippen molar-refractivity contribution < 1.29 is 4.79 Å². The number of H-pyrrole nitrogens is 1. The predicted octanol–water partition coefficient (Wildman–Crippen LogP) is 8.84. The first-order chi connectivity index (χ1) is 18.2. The highest BCUT2D eigenvalue weighted by molar-refractivity contribution is 7.14. The molecule has 0 aliphatic rings. The Bertz CT molecular complexity index is 1510. The van der Waals surface area contributed by atoms with Gasteiger partial charge in [-0.1, -0.05) is 53.8 Å². The Hall–Kier alpha value is -2.63. The number of thiophene rings is 2. The predicted molar refractivity (Wildman–Crippen MR) is 168 cm³/mol. The molecule has 0 spiro atoms. The lowest BCUT2D eigenvalue weighted by Gasteiger charge is -1.97. The molecule has 0 unspecified atom stereocenters. The van der Waals surface area contributed by atoms with Crippen molar-refractivity contribution in [2.75, 3.05) is 0 Å². The number of carbonyl (C=O) groups is 1. The molecule has 5 rings (SSSR count). The number of halogens is 5. The van der Waals surface area contributed by atoms with Gasteiger partial charge < -0.3 is 11.6 Å². The molecule has 0 amide bonds. The Morgan fingerprint density at radius 2 is 1.41 bits per heavy atom. The number of nitrogens with two attached hydrogens (primary N) is 2. The fraction of sp³-hybridized carbons (Fsp3) is 0.0400. The molecule has 0 saturated heterocycles. The number of amidine groups is 1. The van der Waals surface area contributed by atoms with Crippen LogP contribution < -0.4 is 11.6 Å². The number of benzene rings is 2. The van der Waals surface area contributed by atoms with Gasteiger partial charge in [-0.3, -0.25) is 9.89 Å². The summed E-state index contributed by atoms with van der Waals surface area (Å²) in [5.74, 6) is 6.59. The van der Waals surface area contributed by atoms with Crippen molar-refractivity contribution in [2.24, 2.45) is 16.7 Å². The zero-order chi connectivity index (χ0) is 27.7. The summed E-state index contributed by atoms with van der Waals surface area (Å²) in [5.41, 5.74) is 7.11. The smallest absolute Gasteiger partial charge is 0.263 e. The molecular weight excluding hydrogens is 642 g/mol. The Kier molecular flexibility index (Phi) is 13.2. The number of nitrogens with one attached hydrogen (secondary N) is 1. The van der Waals surface area contributed by atoms with E-state index in [9.17, 15) is 4.79 Å². The van der Waals surface area contributed by atoms with Gasteiger partial charge in [0.05, 0.1) is 14.9 Å². The number of rotatable bonds is 4. The Morgan fingerprint density at radius 1 is 0.846 bits per heavy atom. The minimum atomic E-state index is -0.491. The number of aromatic nitrogens is 3. The monoisotopic (exact) mass is 660 g/mol. The third kappa shape index (κ3) is 9.51. The van der Waals surface area contributed by atoms with E-state index in [0.29, 0.717) is 42.5 Å². The second kappa shape index (κ2) is 15.8. The number of hydrazone groups is 1. The summed E-state index contributed by atoms with van der Waals surface area (Å²) in [7, 11) is 0. The van der Waals surface area contributed by atoms with Crippen LogP contribution in [0.15, 0.2) is 76.5 Å². The Balaban J connectivity index is 0.000000219. The first-order valence-corrected chi connectivity index (χ1v) is 14.0. The van der Waals surface area contributed by atoms with Crippen molar-refractivity contribution in [3.05, 3.63) is 102 Å². The molecule has 39 heavy (non-hydrogen) atoms. The van der Waals surface area contributed by atoms with E-state index < -0.39 is 5.24 Å². The van der Waals surface area contributed by atoms with Gasteiger partial charge in [-0.05, 0) is 83.0 Å². The first kappa shape index (κ1) is 32.6. The molecular formula is C25H21Cl5N6OS2. The van der Waals surface area contributed by atoms with Crippen LogP contribution in [0.25, 0.3) is 22.1 Å². The number of hydrogen-bond acceptors (Lipinski definition) is 7. The van der Waals surface area contributed by atoms with Crippen LogP contribution in [0.2, 0.25) is 20.1 Å². The first-order valence-electron chi connectivity index (χ1n) is 10.3. The Labute approximate surface area is 258 Å². The van der Waals surface area contributed by atoms with Gasteiger partial charge in [0, 0.05) is 21.2 Å². The summed E-state index contributed by atoms with van der Waals surface area (Å²) in [6.45, 7) is 0. The van der Waals surface area contributed by atoms with Gasteiger partial charge in [0.15, 0.2) is 11.6 Å².